The van der Waals surface area contributed by atoms with E-state index >= 15 is 0 Å². The van der Waals surface area contributed by atoms with Gasteiger partial charge in [-0.1, -0.05) is 33.6 Å². The van der Waals surface area contributed by atoms with Crippen molar-refractivity contribution in [1.29, 1.82) is 0 Å². The van der Waals surface area contributed by atoms with Crippen molar-refractivity contribution in [2.75, 3.05) is 13.2 Å². The summed E-state index contributed by atoms with van der Waals surface area (Å²) in [6.07, 6.45) is 8.62. The standard InChI is InChI=1S/C15H29NO/c1-4-9-16-13-10-14(17-11-12(2)3)15(13)7-5-6-8-15/h12-14,16H,4-11H2,1-3H3. The highest BCUT2D eigenvalue weighted by Gasteiger charge is 2.56. The van der Waals surface area contributed by atoms with Gasteiger partial charge >= 0.3 is 0 Å². The molecule has 0 bridgehead atoms. The van der Waals surface area contributed by atoms with E-state index < -0.39 is 0 Å². The van der Waals surface area contributed by atoms with E-state index in [0.29, 0.717) is 17.4 Å². The second-order valence-electron chi connectivity index (χ2n) is 6.40. The molecule has 2 nitrogen and oxygen atoms in total. The minimum Gasteiger partial charge on any atom is -0.377 e. The molecule has 1 N–H and O–H groups in total. The van der Waals surface area contributed by atoms with Crippen molar-refractivity contribution in [2.45, 2.75) is 71.4 Å². The van der Waals surface area contributed by atoms with Gasteiger partial charge in [0.15, 0.2) is 0 Å². The van der Waals surface area contributed by atoms with Gasteiger partial charge < -0.3 is 10.1 Å². The minimum atomic E-state index is 0.504. The van der Waals surface area contributed by atoms with Gasteiger partial charge in [0.05, 0.1) is 6.10 Å². The van der Waals surface area contributed by atoms with Crippen LogP contribution in [0.1, 0.15) is 59.3 Å². The Kier molecular flexibility index (Phi) is 4.48. The Morgan fingerprint density at radius 2 is 2.00 bits per heavy atom. The molecule has 2 heteroatoms. The summed E-state index contributed by atoms with van der Waals surface area (Å²) in [6.45, 7) is 8.84. The number of nitrogens with one attached hydrogen (secondary N) is 1. The Hall–Kier alpha value is -0.0800. The molecule has 100 valence electrons. The molecule has 2 saturated carbocycles. The van der Waals surface area contributed by atoms with Crippen molar-refractivity contribution in [3.05, 3.63) is 0 Å². The molecule has 17 heavy (non-hydrogen) atoms. The maximum Gasteiger partial charge on any atom is 0.0661 e. The van der Waals surface area contributed by atoms with Crippen molar-refractivity contribution in [1.82, 2.24) is 5.32 Å². The molecule has 0 saturated heterocycles. The zero-order valence-electron chi connectivity index (χ0n) is 11.8. The molecule has 1 spiro atoms. The molecule has 2 rings (SSSR count). The van der Waals surface area contributed by atoms with Crippen molar-refractivity contribution in [3.63, 3.8) is 0 Å². The minimum absolute atomic E-state index is 0.504. The van der Waals surface area contributed by atoms with Gasteiger partial charge in [-0.05, 0) is 38.1 Å². The molecule has 0 aliphatic heterocycles. The molecule has 0 heterocycles. The Balaban J connectivity index is 1.87. The fraction of sp³-hybridized carbons (Fsp3) is 1.00. The zero-order chi connectivity index (χ0) is 12.3. The summed E-state index contributed by atoms with van der Waals surface area (Å²) in [5.74, 6) is 0.663. The summed E-state index contributed by atoms with van der Waals surface area (Å²) < 4.78 is 6.15. The number of hydrogen-bond acceptors (Lipinski definition) is 2. The largest absolute Gasteiger partial charge is 0.377 e. The Morgan fingerprint density at radius 3 is 2.59 bits per heavy atom. The fourth-order valence-corrected chi connectivity index (χ4v) is 3.60. The number of hydrogen-bond donors (Lipinski definition) is 1. The lowest BCUT2D eigenvalue weighted by Crippen LogP contribution is -2.62. The van der Waals surface area contributed by atoms with Gasteiger partial charge in [0.1, 0.15) is 0 Å². The average molecular weight is 239 g/mol. The predicted octanol–water partition coefficient (Wildman–Crippen LogP) is 3.36. The van der Waals surface area contributed by atoms with Crippen LogP contribution >= 0.6 is 0 Å². The normalized spacial score (nSPS) is 31.1. The van der Waals surface area contributed by atoms with E-state index in [4.69, 9.17) is 4.74 Å². The van der Waals surface area contributed by atoms with Crippen LogP contribution in [-0.2, 0) is 4.74 Å². The van der Waals surface area contributed by atoms with Crippen LogP contribution in [0.5, 0.6) is 0 Å². The van der Waals surface area contributed by atoms with Crippen LogP contribution in [0, 0.1) is 11.3 Å². The molecule has 0 radical (unpaired) electrons. The zero-order valence-corrected chi connectivity index (χ0v) is 11.8. The van der Waals surface area contributed by atoms with E-state index in [9.17, 15) is 0 Å². The maximum atomic E-state index is 6.15. The van der Waals surface area contributed by atoms with Crippen LogP contribution in [0.2, 0.25) is 0 Å². The second kappa shape index (κ2) is 5.71. The lowest BCUT2D eigenvalue weighted by molar-refractivity contribution is -0.138. The monoisotopic (exact) mass is 239 g/mol. The van der Waals surface area contributed by atoms with Gasteiger partial charge in [0, 0.05) is 18.1 Å². The molecule has 0 aromatic rings. The second-order valence-corrected chi connectivity index (χ2v) is 6.40. The molecule has 2 aliphatic rings. The van der Waals surface area contributed by atoms with E-state index in [1.165, 1.54) is 45.1 Å². The van der Waals surface area contributed by atoms with Crippen molar-refractivity contribution < 1.29 is 4.74 Å². The first kappa shape index (κ1) is 13.4. The first-order chi connectivity index (χ1) is 8.19. The summed E-state index contributed by atoms with van der Waals surface area (Å²) in [5.41, 5.74) is 0.504. The van der Waals surface area contributed by atoms with Crippen LogP contribution in [0.4, 0.5) is 0 Å². The third kappa shape index (κ3) is 2.68. The molecule has 0 aromatic carbocycles. The van der Waals surface area contributed by atoms with Crippen molar-refractivity contribution in [3.8, 4) is 0 Å². The third-order valence-corrected chi connectivity index (χ3v) is 4.59. The molecule has 0 aromatic heterocycles. The smallest absolute Gasteiger partial charge is 0.0661 e. The highest BCUT2D eigenvalue weighted by molar-refractivity contribution is 5.09. The molecule has 2 unspecified atom stereocenters. The van der Waals surface area contributed by atoms with Crippen LogP contribution in [0.25, 0.3) is 0 Å². The van der Waals surface area contributed by atoms with Gasteiger partial charge in [0.2, 0.25) is 0 Å². The Bertz CT molecular complexity index is 233. The molecular formula is C15H29NO. The fourth-order valence-electron chi connectivity index (χ4n) is 3.60. The predicted molar refractivity (Wildman–Crippen MR) is 72.2 cm³/mol. The molecule has 2 atom stereocenters. The maximum absolute atomic E-state index is 6.15. The molecule has 2 aliphatic carbocycles. The van der Waals surface area contributed by atoms with E-state index in [2.05, 4.69) is 26.1 Å². The van der Waals surface area contributed by atoms with Crippen LogP contribution in [0.15, 0.2) is 0 Å². The van der Waals surface area contributed by atoms with E-state index in [1.54, 1.807) is 0 Å². The Labute approximate surface area is 107 Å². The average Bonchev–Trinajstić information content (AvgIpc) is 2.78. The lowest BCUT2D eigenvalue weighted by atomic mass is 9.60. The topological polar surface area (TPSA) is 21.3 Å². The molecule has 2 fully saturated rings. The first-order valence-corrected chi connectivity index (χ1v) is 7.54. The highest BCUT2D eigenvalue weighted by Crippen LogP contribution is 2.54. The molecular weight excluding hydrogens is 210 g/mol. The first-order valence-electron chi connectivity index (χ1n) is 7.54. The van der Waals surface area contributed by atoms with Gasteiger partial charge in [-0.15, -0.1) is 0 Å². The van der Waals surface area contributed by atoms with Crippen LogP contribution < -0.4 is 5.32 Å². The number of ether oxygens (including phenoxy) is 1. The SMILES string of the molecule is CCCNC1CC(OCC(C)C)C12CCCC2. The summed E-state index contributed by atoms with van der Waals surface area (Å²) in [6, 6.07) is 0.738. The van der Waals surface area contributed by atoms with E-state index in [0.717, 1.165) is 12.6 Å². The quantitative estimate of drug-likeness (QED) is 0.767. The van der Waals surface area contributed by atoms with E-state index in [1.807, 2.05) is 0 Å². The Morgan fingerprint density at radius 1 is 1.29 bits per heavy atom. The van der Waals surface area contributed by atoms with Crippen molar-refractivity contribution >= 4 is 0 Å². The summed E-state index contributed by atoms with van der Waals surface area (Å²) in [7, 11) is 0. The van der Waals surface area contributed by atoms with Gasteiger partial charge in [0.25, 0.3) is 0 Å². The van der Waals surface area contributed by atoms with Gasteiger partial charge in [-0.25, -0.2) is 0 Å². The molecule has 0 amide bonds. The van der Waals surface area contributed by atoms with Gasteiger partial charge in [-0.3, -0.25) is 0 Å². The van der Waals surface area contributed by atoms with Crippen LogP contribution in [0.3, 0.4) is 0 Å². The van der Waals surface area contributed by atoms with Crippen molar-refractivity contribution in [2.24, 2.45) is 11.3 Å². The summed E-state index contributed by atoms with van der Waals surface area (Å²) >= 11 is 0. The third-order valence-electron chi connectivity index (χ3n) is 4.59. The summed E-state index contributed by atoms with van der Waals surface area (Å²) in [5, 5.41) is 3.74. The van der Waals surface area contributed by atoms with Gasteiger partial charge in [-0.2, -0.15) is 0 Å². The number of rotatable bonds is 6. The summed E-state index contributed by atoms with van der Waals surface area (Å²) in [4.78, 5) is 0. The van der Waals surface area contributed by atoms with E-state index in [-0.39, 0.29) is 0 Å². The lowest BCUT2D eigenvalue weighted by Gasteiger charge is -2.54. The van der Waals surface area contributed by atoms with Crippen LogP contribution in [-0.4, -0.2) is 25.3 Å². The highest BCUT2D eigenvalue weighted by atomic mass is 16.5.